The van der Waals surface area contributed by atoms with Crippen molar-refractivity contribution in [1.29, 1.82) is 0 Å². The lowest BCUT2D eigenvalue weighted by Gasteiger charge is -2.39. The first-order valence-electron chi connectivity index (χ1n) is 11.2. The Morgan fingerprint density at radius 2 is 1.97 bits per heavy atom. The average Bonchev–Trinajstić information content (AvgIpc) is 2.76. The lowest BCUT2D eigenvalue weighted by molar-refractivity contribution is -0.00820. The molecule has 0 unspecified atom stereocenters. The van der Waals surface area contributed by atoms with E-state index in [4.69, 9.17) is 14.2 Å². The number of rotatable bonds is 6. The van der Waals surface area contributed by atoms with Crippen LogP contribution < -0.4 is 4.74 Å². The van der Waals surface area contributed by atoms with Crippen molar-refractivity contribution in [3.8, 4) is 5.75 Å². The molecule has 0 radical (unpaired) electrons. The lowest BCUT2D eigenvalue weighted by atomic mass is 9.88. The number of ether oxygens (including phenoxy) is 3. The number of carbonyl (C=O) groups excluding carboxylic acids is 2. The Kier molecular flexibility index (Phi) is 7.64. The molecule has 1 aliphatic rings. The summed E-state index contributed by atoms with van der Waals surface area (Å²) in [5, 5.41) is 11.9. The normalized spacial score (nSPS) is 18.6. The number of hydrogen-bond donors (Lipinski definition) is 1. The number of amides is 1. The van der Waals surface area contributed by atoms with Crippen LogP contribution in [0.2, 0.25) is 0 Å². The summed E-state index contributed by atoms with van der Waals surface area (Å²) in [5.41, 5.74) is 0.603. The van der Waals surface area contributed by atoms with Crippen molar-refractivity contribution in [2.75, 3.05) is 20.3 Å². The molecule has 1 amide bonds. The van der Waals surface area contributed by atoms with Crippen LogP contribution in [0.25, 0.3) is 10.8 Å². The van der Waals surface area contributed by atoms with Crippen LogP contribution >= 0.6 is 0 Å². The van der Waals surface area contributed by atoms with E-state index in [9.17, 15) is 14.7 Å². The number of nitrogens with zero attached hydrogens (tertiary/aromatic N) is 1. The second-order valence-corrected chi connectivity index (χ2v) is 9.19. The molecule has 33 heavy (non-hydrogen) atoms. The van der Waals surface area contributed by atoms with Crippen molar-refractivity contribution in [2.24, 2.45) is 0 Å². The fourth-order valence-corrected chi connectivity index (χ4v) is 4.06. The highest BCUT2D eigenvalue weighted by Gasteiger charge is 2.35. The number of aliphatic hydroxyl groups excluding tert-OH is 1. The number of fused-ring (bicyclic) bond motifs is 1. The maximum absolute atomic E-state index is 13.0. The Bertz CT molecular complexity index is 1030. The van der Waals surface area contributed by atoms with Crippen LogP contribution in [-0.2, 0) is 9.47 Å². The monoisotopic (exact) mass is 455 g/mol. The Morgan fingerprint density at radius 1 is 1.21 bits per heavy atom. The van der Waals surface area contributed by atoms with Gasteiger partial charge in [-0.25, -0.2) is 9.59 Å². The smallest absolute Gasteiger partial charge is 0.410 e. The Balaban J connectivity index is 2.11. The van der Waals surface area contributed by atoms with Gasteiger partial charge in [-0.1, -0.05) is 12.1 Å². The van der Waals surface area contributed by atoms with Gasteiger partial charge in [0.15, 0.2) is 0 Å². The van der Waals surface area contributed by atoms with Crippen molar-refractivity contribution < 1.29 is 28.9 Å². The molecular weight excluding hydrogens is 422 g/mol. The highest BCUT2D eigenvalue weighted by Crippen LogP contribution is 2.38. The molecule has 1 N–H and O–H groups in total. The number of likely N-dealkylation sites (tertiary alicyclic amines) is 1. The predicted octanol–water partition coefficient (Wildman–Crippen LogP) is 5.01. The van der Waals surface area contributed by atoms with Gasteiger partial charge in [-0.2, -0.15) is 0 Å². The third kappa shape index (κ3) is 5.85. The SMILES string of the molecule is C=CCCOc1ccc2c(C(=O)OC)ccc([C@@H]3C[C@@H](O)CCN3C(=O)OC(C)(C)C)c2c1. The molecule has 1 heterocycles. The van der Waals surface area contributed by atoms with Crippen LogP contribution in [0.15, 0.2) is 43.0 Å². The number of piperidine rings is 1. The van der Waals surface area contributed by atoms with Gasteiger partial charge in [0.2, 0.25) is 0 Å². The van der Waals surface area contributed by atoms with Gasteiger partial charge in [0.05, 0.1) is 31.4 Å². The zero-order chi connectivity index (χ0) is 24.2. The molecule has 7 nitrogen and oxygen atoms in total. The molecule has 1 aliphatic heterocycles. The summed E-state index contributed by atoms with van der Waals surface area (Å²) in [5.74, 6) is 0.201. The van der Waals surface area contributed by atoms with Gasteiger partial charge in [0.1, 0.15) is 11.4 Å². The van der Waals surface area contributed by atoms with E-state index in [0.717, 1.165) is 10.9 Å². The largest absolute Gasteiger partial charge is 0.493 e. The minimum absolute atomic E-state index is 0.369. The van der Waals surface area contributed by atoms with E-state index < -0.39 is 29.8 Å². The summed E-state index contributed by atoms with van der Waals surface area (Å²) in [6.07, 6.45) is 2.36. The molecule has 7 heteroatoms. The summed E-state index contributed by atoms with van der Waals surface area (Å²) >= 11 is 0. The van der Waals surface area contributed by atoms with Gasteiger partial charge in [-0.15, -0.1) is 6.58 Å². The highest BCUT2D eigenvalue weighted by atomic mass is 16.6. The summed E-state index contributed by atoms with van der Waals surface area (Å²) in [7, 11) is 1.34. The minimum Gasteiger partial charge on any atom is -0.493 e. The zero-order valence-corrected chi connectivity index (χ0v) is 19.8. The van der Waals surface area contributed by atoms with Crippen LogP contribution in [0.1, 0.15) is 62.0 Å². The molecule has 0 spiro atoms. The van der Waals surface area contributed by atoms with Gasteiger partial charge in [0, 0.05) is 6.54 Å². The number of benzene rings is 2. The van der Waals surface area contributed by atoms with E-state index in [-0.39, 0.29) is 0 Å². The van der Waals surface area contributed by atoms with E-state index in [1.165, 1.54) is 7.11 Å². The number of hydrogen-bond acceptors (Lipinski definition) is 6. The predicted molar refractivity (Wildman–Crippen MR) is 127 cm³/mol. The molecule has 0 saturated carbocycles. The fraction of sp³-hybridized carbons (Fsp3) is 0.462. The Morgan fingerprint density at radius 3 is 2.64 bits per heavy atom. The van der Waals surface area contributed by atoms with Gasteiger partial charge in [-0.05, 0) is 80.6 Å². The van der Waals surface area contributed by atoms with E-state index in [0.29, 0.717) is 49.1 Å². The van der Waals surface area contributed by atoms with Crippen molar-refractivity contribution in [1.82, 2.24) is 4.90 Å². The molecule has 178 valence electrons. The first-order chi connectivity index (χ1) is 15.6. The fourth-order valence-electron chi connectivity index (χ4n) is 4.06. The topological polar surface area (TPSA) is 85.3 Å². The molecule has 0 bridgehead atoms. The Labute approximate surface area is 194 Å². The second kappa shape index (κ2) is 10.3. The van der Waals surface area contributed by atoms with Crippen molar-refractivity contribution >= 4 is 22.8 Å². The molecule has 1 fully saturated rings. The van der Waals surface area contributed by atoms with Gasteiger partial charge in [-0.3, -0.25) is 0 Å². The number of carbonyl (C=O) groups is 2. The van der Waals surface area contributed by atoms with Crippen LogP contribution in [0.4, 0.5) is 4.79 Å². The maximum atomic E-state index is 13.0. The molecular formula is C26H33NO6. The molecule has 0 aromatic heterocycles. The van der Waals surface area contributed by atoms with Crippen LogP contribution in [0, 0.1) is 0 Å². The standard InChI is InChI=1S/C26H33NO6/c1-6-7-14-32-18-8-9-19-21(24(29)31-5)11-10-20(22(19)16-18)23-15-17(28)12-13-27(23)25(30)33-26(2,3)4/h6,8-11,16-17,23,28H,1,7,12-15H2,2-5H3/t17-,23-/m0/s1. The van der Waals surface area contributed by atoms with Gasteiger partial charge in [0.25, 0.3) is 0 Å². The summed E-state index contributed by atoms with van der Waals surface area (Å²) < 4.78 is 16.4. The quantitative estimate of drug-likeness (QED) is 0.374. The second-order valence-electron chi connectivity index (χ2n) is 9.19. The van der Waals surface area contributed by atoms with Crippen LogP contribution in [0.3, 0.4) is 0 Å². The molecule has 3 rings (SSSR count). The molecule has 1 saturated heterocycles. The zero-order valence-electron chi connectivity index (χ0n) is 19.8. The molecule has 2 aromatic carbocycles. The third-order valence-corrected chi connectivity index (χ3v) is 5.58. The number of esters is 1. The van der Waals surface area contributed by atoms with Crippen LogP contribution in [-0.4, -0.2) is 54.0 Å². The van der Waals surface area contributed by atoms with Crippen molar-refractivity contribution in [3.05, 3.63) is 54.1 Å². The van der Waals surface area contributed by atoms with Gasteiger partial charge >= 0.3 is 12.1 Å². The molecule has 2 atom stereocenters. The average molecular weight is 456 g/mol. The third-order valence-electron chi connectivity index (χ3n) is 5.58. The van der Waals surface area contributed by atoms with E-state index in [1.807, 2.05) is 45.0 Å². The Hall–Kier alpha value is -3.06. The molecule has 0 aliphatic carbocycles. The van der Waals surface area contributed by atoms with Gasteiger partial charge < -0.3 is 24.2 Å². The maximum Gasteiger partial charge on any atom is 0.410 e. The van der Waals surface area contributed by atoms with E-state index >= 15 is 0 Å². The van der Waals surface area contributed by atoms with Crippen molar-refractivity contribution in [2.45, 2.75) is 57.8 Å². The van der Waals surface area contributed by atoms with Crippen LogP contribution in [0.5, 0.6) is 5.75 Å². The molecule has 2 aromatic rings. The first-order valence-corrected chi connectivity index (χ1v) is 11.2. The summed E-state index contributed by atoms with van der Waals surface area (Å²) in [6, 6.07) is 8.61. The lowest BCUT2D eigenvalue weighted by Crippen LogP contribution is -2.45. The van der Waals surface area contributed by atoms with Crippen molar-refractivity contribution in [3.63, 3.8) is 0 Å². The highest BCUT2D eigenvalue weighted by molar-refractivity contribution is 6.06. The first kappa shape index (κ1) is 24.6. The van der Waals surface area contributed by atoms with E-state index in [2.05, 4.69) is 6.58 Å². The summed E-state index contributed by atoms with van der Waals surface area (Å²) in [4.78, 5) is 27.1. The van der Waals surface area contributed by atoms with E-state index in [1.54, 1.807) is 17.0 Å². The number of methoxy groups -OCH3 is 1. The minimum atomic E-state index is -0.638. The summed E-state index contributed by atoms with van der Waals surface area (Å²) in [6.45, 7) is 10.0. The number of aliphatic hydroxyl groups is 1.